The van der Waals surface area contributed by atoms with Crippen LogP contribution in [-0.2, 0) is 4.79 Å². The molecule has 1 fully saturated rings. The molecule has 11 heteroatoms. The number of carbonyl (C=O) groups is 1. The van der Waals surface area contributed by atoms with Crippen molar-refractivity contribution < 1.29 is 14.2 Å². The number of rotatable bonds is 7. The number of non-ortho nitro benzene ring substituents is 1. The van der Waals surface area contributed by atoms with Gasteiger partial charge in [0, 0.05) is 54.6 Å². The van der Waals surface area contributed by atoms with E-state index in [1.165, 1.54) is 24.3 Å². The van der Waals surface area contributed by atoms with Gasteiger partial charge in [-0.15, -0.1) is 0 Å². The molecule has 178 valence electrons. The lowest BCUT2D eigenvalue weighted by molar-refractivity contribution is -0.384. The lowest BCUT2D eigenvalue weighted by atomic mass is 10.1. The van der Waals surface area contributed by atoms with Gasteiger partial charge in [0.15, 0.2) is 0 Å². The van der Waals surface area contributed by atoms with E-state index in [4.69, 9.17) is 16.1 Å². The van der Waals surface area contributed by atoms with E-state index >= 15 is 0 Å². The van der Waals surface area contributed by atoms with Crippen LogP contribution in [0.4, 0.5) is 11.4 Å². The molecule has 3 aromatic rings. The summed E-state index contributed by atoms with van der Waals surface area (Å²) in [5.74, 6) is 0.913. The Bertz CT molecular complexity index is 1140. The molecule has 2 heterocycles. The maximum atomic E-state index is 12.7. The minimum Gasteiger partial charge on any atom is -0.337 e. The largest absolute Gasteiger partial charge is 0.337 e. The zero-order valence-electron chi connectivity index (χ0n) is 18.8. The van der Waals surface area contributed by atoms with E-state index in [2.05, 4.69) is 25.3 Å². The molecule has 1 aliphatic rings. The molecule has 2 atom stereocenters. The molecular weight excluding hydrogens is 460 g/mol. The van der Waals surface area contributed by atoms with Crippen LogP contribution in [0, 0.1) is 10.1 Å². The van der Waals surface area contributed by atoms with Crippen molar-refractivity contribution in [1.29, 1.82) is 0 Å². The van der Waals surface area contributed by atoms with Crippen LogP contribution in [0.3, 0.4) is 0 Å². The van der Waals surface area contributed by atoms with Crippen molar-refractivity contribution in [2.45, 2.75) is 25.9 Å². The molecule has 4 rings (SSSR count). The van der Waals surface area contributed by atoms with Crippen LogP contribution in [0.15, 0.2) is 53.1 Å². The Morgan fingerprint density at radius 1 is 1.06 bits per heavy atom. The number of nitrogens with zero attached hydrogens (tertiary/aromatic N) is 5. The first kappa shape index (κ1) is 23.8. The van der Waals surface area contributed by atoms with Crippen LogP contribution in [0.2, 0.25) is 5.02 Å². The Hall–Kier alpha value is -3.34. The third-order valence-electron chi connectivity index (χ3n) is 6.07. The molecule has 1 saturated heterocycles. The van der Waals surface area contributed by atoms with Gasteiger partial charge in [-0.1, -0.05) is 16.8 Å². The molecule has 0 saturated carbocycles. The highest BCUT2D eigenvalue weighted by atomic mass is 35.5. The van der Waals surface area contributed by atoms with E-state index in [1.807, 2.05) is 26.0 Å². The second kappa shape index (κ2) is 10.3. The van der Waals surface area contributed by atoms with Gasteiger partial charge in [0.2, 0.25) is 17.6 Å². The quantitative estimate of drug-likeness (QED) is 0.395. The predicted molar refractivity (Wildman–Crippen MR) is 127 cm³/mol. The van der Waals surface area contributed by atoms with Gasteiger partial charge in [-0.25, -0.2) is 0 Å². The number of anilines is 1. The summed E-state index contributed by atoms with van der Waals surface area (Å²) in [5.41, 5.74) is 1.35. The van der Waals surface area contributed by atoms with E-state index in [-0.39, 0.29) is 23.7 Å². The minimum atomic E-state index is -0.471. The highest BCUT2D eigenvalue weighted by Crippen LogP contribution is 2.25. The monoisotopic (exact) mass is 484 g/mol. The number of benzene rings is 2. The Balaban J connectivity index is 1.30. The van der Waals surface area contributed by atoms with Crippen molar-refractivity contribution in [1.82, 2.24) is 19.9 Å². The molecule has 2 aromatic carbocycles. The van der Waals surface area contributed by atoms with Gasteiger partial charge < -0.3 is 9.84 Å². The summed E-state index contributed by atoms with van der Waals surface area (Å²) in [4.78, 5) is 31.9. The van der Waals surface area contributed by atoms with Gasteiger partial charge in [0.05, 0.1) is 17.0 Å². The summed E-state index contributed by atoms with van der Waals surface area (Å²) < 4.78 is 5.51. The molecule has 0 spiro atoms. The first-order valence-electron chi connectivity index (χ1n) is 10.9. The zero-order valence-corrected chi connectivity index (χ0v) is 19.6. The fourth-order valence-electron chi connectivity index (χ4n) is 3.87. The molecule has 0 unspecified atom stereocenters. The van der Waals surface area contributed by atoms with Gasteiger partial charge in [-0.2, -0.15) is 4.98 Å². The van der Waals surface area contributed by atoms with E-state index in [0.29, 0.717) is 35.5 Å². The van der Waals surface area contributed by atoms with Gasteiger partial charge in [0.25, 0.3) is 5.69 Å². The fourth-order valence-corrected chi connectivity index (χ4v) is 3.99. The number of nitro groups is 1. The van der Waals surface area contributed by atoms with Gasteiger partial charge in [0.1, 0.15) is 0 Å². The normalized spacial score (nSPS) is 16.7. The zero-order chi connectivity index (χ0) is 24.2. The highest BCUT2D eigenvalue weighted by Gasteiger charge is 2.30. The second-order valence-electron chi connectivity index (χ2n) is 8.18. The van der Waals surface area contributed by atoms with Crippen molar-refractivity contribution >= 4 is 28.9 Å². The van der Waals surface area contributed by atoms with Crippen molar-refractivity contribution in [3.63, 3.8) is 0 Å². The topological polar surface area (TPSA) is 118 Å². The van der Waals surface area contributed by atoms with Gasteiger partial charge in [-0.3, -0.25) is 24.7 Å². The Morgan fingerprint density at radius 2 is 1.68 bits per heavy atom. The van der Waals surface area contributed by atoms with Gasteiger partial charge >= 0.3 is 0 Å². The summed E-state index contributed by atoms with van der Waals surface area (Å²) in [6.45, 7) is 6.79. The van der Waals surface area contributed by atoms with Crippen LogP contribution in [0.5, 0.6) is 0 Å². The number of piperazine rings is 1. The van der Waals surface area contributed by atoms with Gasteiger partial charge in [-0.05, 0) is 50.2 Å². The highest BCUT2D eigenvalue weighted by molar-refractivity contribution is 6.30. The molecule has 0 aliphatic carbocycles. The number of amides is 1. The predicted octanol–water partition coefficient (Wildman–Crippen LogP) is 4.00. The molecule has 0 radical (unpaired) electrons. The lowest BCUT2D eigenvalue weighted by Gasteiger charge is -2.39. The third kappa shape index (κ3) is 5.41. The summed E-state index contributed by atoms with van der Waals surface area (Å²) in [7, 11) is 0. The third-order valence-corrected chi connectivity index (χ3v) is 6.32. The second-order valence-corrected chi connectivity index (χ2v) is 8.62. The number of nitro benzene ring substituents is 1. The van der Waals surface area contributed by atoms with E-state index in [9.17, 15) is 14.9 Å². The summed E-state index contributed by atoms with van der Waals surface area (Å²) in [6, 6.07) is 12.7. The Labute approximate surface area is 201 Å². The fraction of sp³-hybridized carbons (Fsp3) is 0.348. The molecular formula is C23H25ClN6O4. The van der Waals surface area contributed by atoms with Crippen LogP contribution in [0.1, 0.15) is 25.8 Å². The number of aromatic nitrogens is 2. The smallest absolute Gasteiger partial charge is 0.269 e. The molecule has 1 amide bonds. The van der Waals surface area contributed by atoms with Crippen LogP contribution in [-0.4, -0.2) is 63.0 Å². The molecule has 1 aliphatic heterocycles. The van der Waals surface area contributed by atoms with Crippen molar-refractivity contribution in [2.24, 2.45) is 0 Å². The standard InChI is InChI=1S/C23H25ClN6O4/c1-15(22(31)25-19-7-9-20(10-8-19)30(32)33)28-11-13-29(14-12-28)16(2)23-26-21(27-34-23)17-3-5-18(24)6-4-17/h3-10,15-16H,11-14H2,1-2H3,(H,25,31)/t15-,16-/m1/s1. The molecule has 10 nitrogen and oxygen atoms in total. The summed E-state index contributed by atoms with van der Waals surface area (Å²) >= 11 is 5.94. The Morgan fingerprint density at radius 3 is 2.29 bits per heavy atom. The average Bonchev–Trinajstić information content (AvgIpc) is 3.34. The first-order valence-corrected chi connectivity index (χ1v) is 11.3. The van der Waals surface area contributed by atoms with Crippen molar-refractivity contribution in [3.05, 3.63) is 69.6 Å². The summed E-state index contributed by atoms with van der Waals surface area (Å²) in [5, 5.41) is 18.4. The summed E-state index contributed by atoms with van der Waals surface area (Å²) in [6.07, 6.45) is 0. The number of halogens is 1. The minimum absolute atomic E-state index is 0.0159. The maximum absolute atomic E-state index is 12.7. The van der Waals surface area contributed by atoms with Crippen molar-refractivity contribution in [3.8, 4) is 11.4 Å². The van der Waals surface area contributed by atoms with Crippen LogP contribution in [0.25, 0.3) is 11.4 Å². The lowest BCUT2D eigenvalue weighted by Crippen LogP contribution is -2.53. The van der Waals surface area contributed by atoms with E-state index in [0.717, 1.165) is 18.7 Å². The van der Waals surface area contributed by atoms with E-state index in [1.54, 1.807) is 12.1 Å². The van der Waals surface area contributed by atoms with E-state index < -0.39 is 4.92 Å². The number of nitrogens with one attached hydrogen (secondary N) is 1. The van der Waals surface area contributed by atoms with Crippen molar-refractivity contribution in [2.75, 3.05) is 31.5 Å². The number of hydrogen-bond acceptors (Lipinski definition) is 8. The van der Waals surface area contributed by atoms with Crippen LogP contribution < -0.4 is 5.32 Å². The first-order chi connectivity index (χ1) is 16.3. The van der Waals surface area contributed by atoms with Crippen LogP contribution >= 0.6 is 11.6 Å². The SMILES string of the molecule is C[C@H](C(=O)Nc1ccc([N+](=O)[O-])cc1)N1CCN([C@H](C)c2nc(-c3ccc(Cl)cc3)no2)CC1. The average molecular weight is 485 g/mol. The molecule has 1 aromatic heterocycles. The molecule has 0 bridgehead atoms. The number of hydrogen-bond donors (Lipinski definition) is 1. The molecule has 1 N–H and O–H groups in total. The Kier molecular flexibility index (Phi) is 7.20. The number of carbonyl (C=O) groups excluding carboxylic acids is 1. The maximum Gasteiger partial charge on any atom is 0.269 e. The molecule has 34 heavy (non-hydrogen) atoms.